The molecule has 6 heteroatoms. The summed E-state index contributed by atoms with van der Waals surface area (Å²) in [6, 6.07) is 1.50. The van der Waals surface area contributed by atoms with Crippen molar-refractivity contribution in [3.8, 4) is 0 Å². The van der Waals surface area contributed by atoms with E-state index in [4.69, 9.17) is 0 Å². The normalized spacial score (nSPS) is 21.5. The van der Waals surface area contributed by atoms with Crippen molar-refractivity contribution in [1.29, 1.82) is 0 Å². The molecule has 1 saturated carbocycles. The Morgan fingerprint density at radius 2 is 2.05 bits per heavy atom. The molecule has 0 saturated heterocycles. The Morgan fingerprint density at radius 1 is 1.35 bits per heavy atom. The van der Waals surface area contributed by atoms with Crippen molar-refractivity contribution in [2.45, 2.75) is 45.6 Å². The summed E-state index contributed by atoms with van der Waals surface area (Å²) in [5, 5.41) is 13.9. The van der Waals surface area contributed by atoms with Gasteiger partial charge in [0.15, 0.2) is 0 Å². The van der Waals surface area contributed by atoms with E-state index in [0.717, 1.165) is 31.7 Å². The van der Waals surface area contributed by atoms with E-state index in [1.807, 2.05) is 0 Å². The third-order valence-corrected chi connectivity index (χ3v) is 4.05. The number of nitrogens with one attached hydrogen (secondary N) is 1. The van der Waals surface area contributed by atoms with Crippen LogP contribution in [-0.4, -0.2) is 11.0 Å². The van der Waals surface area contributed by atoms with Crippen LogP contribution >= 0.6 is 0 Å². The van der Waals surface area contributed by atoms with E-state index in [9.17, 15) is 18.9 Å². The molecule has 1 aliphatic carbocycles. The smallest absolute Gasteiger partial charge is 0.327 e. The van der Waals surface area contributed by atoms with Gasteiger partial charge in [-0.05, 0) is 18.3 Å². The molecule has 1 N–H and O–H groups in total. The maximum Gasteiger partial charge on any atom is 0.327 e. The Balaban J connectivity index is 2.35. The zero-order valence-corrected chi connectivity index (χ0v) is 11.6. The van der Waals surface area contributed by atoms with Gasteiger partial charge in [-0.3, -0.25) is 10.1 Å². The van der Waals surface area contributed by atoms with Crippen LogP contribution in [0.1, 0.15) is 39.5 Å². The summed E-state index contributed by atoms with van der Waals surface area (Å²) in [6.45, 7) is 4.12. The Kier molecular flexibility index (Phi) is 3.92. The van der Waals surface area contributed by atoms with Crippen LogP contribution in [0.4, 0.5) is 20.2 Å². The molecular weight excluding hydrogens is 266 g/mol. The Hall–Kier alpha value is -1.72. The molecule has 1 aromatic carbocycles. The maximum atomic E-state index is 13.6. The first kappa shape index (κ1) is 14.7. The summed E-state index contributed by atoms with van der Waals surface area (Å²) in [7, 11) is 0. The highest BCUT2D eigenvalue weighted by molar-refractivity contribution is 5.63. The molecule has 1 atom stereocenters. The number of rotatable bonds is 3. The van der Waals surface area contributed by atoms with Crippen molar-refractivity contribution in [2.24, 2.45) is 5.41 Å². The molecule has 0 amide bonds. The molecule has 4 nitrogen and oxygen atoms in total. The van der Waals surface area contributed by atoms with Crippen LogP contribution < -0.4 is 5.32 Å². The van der Waals surface area contributed by atoms with E-state index in [2.05, 4.69) is 19.2 Å². The minimum Gasteiger partial charge on any atom is -0.376 e. The summed E-state index contributed by atoms with van der Waals surface area (Å²) in [6.07, 6.45) is 3.93. The average Bonchev–Trinajstić information content (AvgIpc) is 2.30. The third-order valence-electron chi connectivity index (χ3n) is 4.05. The van der Waals surface area contributed by atoms with Gasteiger partial charge in [-0.15, -0.1) is 0 Å². The second-order valence-corrected chi connectivity index (χ2v) is 5.97. The lowest BCUT2D eigenvalue weighted by molar-refractivity contribution is -0.386. The molecule has 0 aliphatic heterocycles. The van der Waals surface area contributed by atoms with Gasteiger partial charge < -0.3 is 5.32 Å². The predicted molar refractivity (Wildman–Crippen MR) is 72.7 cm³/mol. The molecule has 0 aromatic heterocycles. The molecule has 0 spiro atoms. The number of halogens is 2. The van der Waals surface area contributed by atoms with E-state index >= 15 is 0 Å². The first-order chi connectivity index (χ1) is 9.31. The van der Waals surface area contributed by atoms with Gasteiger partial charge in [-0.1, -0.05) is 26.7 Å². The highest BCUT2D eigenvalue weighted by atomic mass is 19.1. The van der Waals surface area contributed by atoms with Crippen LogP contribution in [0, 0.1) is 27.2 Å². The van der Waals surface area contributed by atoms with Crippen LogP contribution in [0.2, 0.25) is 0 Å². The standard InChI is InChI=1S/C14H18F2N2O2/c1-14(2)6-4-3-5-12(14)17-11-8-9(15)7-10(16)13(11)18(19)20/h7-8,12,17H,3-6H2,1-2H3. The molecule has 2 rings (SSSR count). The zero-order chi connectivity index (χ0) is 14.9. The lowest BCUT2D eigenvalue weighted by Crippen LogP contribution is -2.39. The van der Waals surface area contributed by atoms with Gasteiger partial charge in [0.05, 0.1) is 4.92 Å². The molecule has 1 aromatic rings. The van der Waals surface area contributed by atoms with Gasteiger partial charge in [0, 0.05) is 18.2 Å². The quantitative estimate of drug-likeness (QED) is 0.666. The van der Waals surface area contributed by atoms with Gasteiger partial charge in [-0.25, -0.2) is 4.39 Å². The van der Waals surface area contributed by atoms with E-state index in [-0.39, 0.29) is 17.1 Å². The minimum atomic E-state index is -1.15. The fourth-order valence-corrected chi connectivity index (χ4v) is 2.81. The second kappa shape index (κ2) is 5.34. The van der Waals surface area contributed by atoms with E-state index < -0.39 is 22.2 Å². The number of hydrogen-bond acceptors (Lipinski definition) is 3. The zero-order valence-electron chi connectivity index (χ0n) is 11.6. The van der Waals surface area contributed by atoms with E-state index in [0.29, 0.717) is 6.07 Å². The molecule has 0 heterocycles. The average molecular weight is 284 g/mol. The Bertz CT molecular complexity index is 532. The Morgan fingerprint density at radius 3 is 2.65 bits per heavy atom. The fourth-order valence-electron chi connectivity index (χ4n) is 2.81. The van der Waals surface area contributed by atoms with Crippen molar-refractivity contribution in [1.82, 2.24) is 0 Å². The molecule has 110 valence electrons. The first-order valence-corrected chi connectivity index (χ1v) is 6.71. The number of benzene rings is 1. The molecule has 0 radical (unpaired) electrons. The SMILES string of the molecule is CC1(C)CCCCC1Nc1cc(F)cc(F)c1[N+](=O)[O-]. The molecule has 20 heavy (non-hydrogen) atoms. The molecule has 0 bridgehead atoms. The van der Waals surface area contributed by atoms with Gasteiger partial charge in [0.1, 0.15) is 11.5 Å². The van der Waals surface area contributed by atoms with Crippen LogP contribution in [0.3, 0.4) is 0 Å². The van der Waals surface area contributed by atoms with Crippen molar-refractivity contribution < 1.29 is 13.7 Å². The van der Waals surface area contributed by atoms with Crippen LogP contribution in [0.15, 0.2) is 12.1 Å². The molecule has 1 unspecified atom stereocenters. The van der Waals surface area contributed by atoms with Gasteiger partial charge >= 0.3 is 5.69 Å². The van der Waals surface area contributed by atoms with Gasteiger partial charge in [-0.2, -0.15) is 4.39 Å². The van der Waals surface area contributed by atoms with Crippen LogP contribution in [0.25, 0.3) is 0 Å². The molecular formula is C14H18F2N2O2. The first-order valence-electron chi connectivity index (χ1n) is 6.71. The molecule has 1 aliphatic rings. The van der Waals surface area contributed by atoms with Crippen molar-refractivity contribution in [2.75, 3.05) is 5.32 Å². The largest absolute Gasteiger partial charge is 0.376 e. The highest BCUT2D eigenvalue weighted by Gasteiger charge is 2.34. The number of hydrogen-bond donors (Lipinski definition) is 1. The third kappa shape index (κ3) is 2.89. The summed E-state index contributed by atoms with van der Waals surface area (Å²) in [5.74, 6) is -1.96. The lowest BCUT2D eigenvalue weighted by atomic mass is 9.73. The molecule has 1 fully saturated rings. The summed E-state index contributed by atoms with van der Waals surface area (Å²) < 4.78 is 26.9. The maximum absolute atomic E-state index is 13.6. The highest BCUT2D eigenvalue weighted by Crippen LogP contribution is 2.39. The van der Waals surface area contributed by atoms with Gasteiger partial charge in [0.25, 0.3) is 0 Å². The number of anilines is 1. The van der Waals surface area contributed by atoms with Gasteiger partial charge in [0.2, 0.25) is 5.82 Å². The predicted octanol–water partition coefficient (Wildman–Crippen LogP) is 4.25. The van der Waals surface area contributed by atoms with Crippen molar-refractivity contribution in [3.63, 3.8) is 0 Å². The van der Waals surface area contributed by atoms with Crippen LogP contribution in [-0.2, 0) is 0 Å². The van der Waals surface area contributed by atoms with Crippen LogP contribution in [0.5, 0.6) is 0 Å². The van der Waals surface area contributed by atoms with E-state index in [1.165, 1.54) is 0 Å². The van der Waals surface area contributed by atoms with Crippen molar-refractivity contribution in [3.05, 3.63) is 33.9 Å². The topological polar surface area (TPSA) is 55.2 Å². The number of nitro groups is 1. The summed E-state index contributed by atoms with van der Waals surface area (Å²) in [4.78, 5) is 10.1. The van der Waals surface area contributed by atoms with Crippen molar-refractivity contribution >= 4 is 11.4 Å². The van der Waals surface area contributed by atoms with E-state index in [1.54, 1.807) is 0 Å². The monoisotopic (exact) mass is 284 g/mol. The second-order valence-electron chi connectivity index (χ2n) is 5.97. The fraction of sp³-hybridized carbons (Fsp3) is 0.571. The Labute approximate surface area is 116 Å². The number of nitrogens with zero attached hydrogens (tertiary/aromatic N) is 1. The minimum absolute atomic E-state index is 0.0313. The lowest BCUT2D eigenvalue weighted by Gasteiger charge is -2.39. The summed E-state index contributed by atoms with van der Waals surface area (Å²) >= 11 is 0. The number of nitro benzene ring substituents is 1. The summed E-state index contributed by atoms with van der Waals surface area (Å²) in [5.41, 5.74) is -0.824.